The highest BCUT2D eigenvalue weighted by Crippen LogP contribution is 2.32. The van der Waals surface area contributed by atoms with Gasteiger partial charge in [-0.3, -0.25) is 0 Å². The molecule has 0 spiro atoms. The van der Waals surface area contributed by atoms with E-state index in [2.05, 4.69) is 0 Å². The zero-order chi connectivity index (χ0) is 19.2. The Bertz CT molecular complexity index is 894. The van der Waals surface area contributed by atoms with Gasteiger partial charge in [-0.25, -0.2) is 4.79 Å². The van der Waals surface area contributed by atoms with Crippen molar-refractivity contribution in [3.05, 3.63) is 94.0 Å². The molecule has 0 fully saturated rings. The Morgan fingerprint density at radius 2 is 1.56 bits per heavy atom. The van der Waals surface area contributed by atoms with Crippen molar-refractivity contribution in [2.24, 2.45) is 0 Å². The molecule has 0 radical (unpaired) electrons. The van der Waals surface area contributed by atoms with Crippen LogP contribution in [-0.4, -0.2) is 11.1 Å². The van der Waals surface area contributed by atoms with Crippen molar-refractivity contribution >= 4 is 40.9 Å². The molecular formula is C21H16Cl2O3S. The Hall–Kier alpha value is -2.14. The number of ether oxygens (including phenoxy) is 1. The molecule has 0 bridgehead atoms. The van der Waals surface area contributed by atoms with E-state index in [0.29, 0.717) is 27.1 Å². The van der Waals surface area contributed by atoms with Gasteiger partial charge in [0.05, 0.1) is 0 Å². The Morgan fingerprint density at radius 3 is 2.15 bits per heavy atom. The highest BCUT2D eigenvalue weighted by molar-refractivity contribution is 7.98. The Balaban J connectivity index is 1.70. The number of thioether (sulfide) groups is 1. The lowest BCUT2D eigenvalue weighted by atomic mass is 10.1. The molecular weight excluding hydrogens is 403 g/mol. The molecule has 138 valence electrons. The van der Waals surface area contributed by atoms with Gasteiger partial charge in [-0.1, -0.05) is 59.6 Å². The molecule has 1 atom stereocenters. The summed E-state index contributed by atoms with van der Waals surface area (Å²) < 4.78 is 5.62. The first-order chi connectivity index (χ1) is 13.0. The van der Waals surface area contributed by atoms with E-state index >= 15 is 0 Å². The predicted molar refractivity (Wildman–Crippen MR) is 110 cm³/mol. The average molecular weight is 419 g/mol. The van der Waals surface area contributed by atoms with E-state index < -0.39 is 12.1 Å². The minimum absolute atomic E-state index is 0.511. The summed E-state index contributed by atoms with van der Waals surface area (Å²) in [4.78, 5) is 12.6. The number of carboxylic acids is 1. The third kappa shape index (κ3) is 5.19. The van der Waals surface area contributed by atoms with Gasteiger partial charge < -0.3 is 9.84 Å². The van der Waals surface area contributed by atoms with Crippen molar-refractivity contribution in [3.8, 4) is 5.75 Å². The molecule has 6 heteroatoms. The highest BCUT2D eigenvalue weighted by atomic mass is 35.5. The minimum atomic E-state index is -1.07. The van der Waals surface area contributed by atoms with E-state index in [1.54, 1.807) is 48.2 Å². The van der Waals surface area contributed by atoms with Gasteiger partial charge in [0.15, 0.2) is 0 Å². The third-order valence-electron chi connectivity index (χ3n) is 3.85. The van der Waals surface area contributed by atoms with E-state index in [0.717, 1.165) is 10.5 Å². The molecule has 0 amide bonds. The fourth-order valence-corrected chi connectivity index (χ4v) is 4.10. The van der Waals surface area contributed by atoms with Gasteiger partial charge in [-0.2, -0.15) is 0 Å². The first kappa shape index (κ1) is 19.6. The lowest BCUT2D eigenvalue weighted by Crippen LogP contribution is -2.18. The molecule has 3 rings (SSSR count). The van der Waals surface area contributed by atoms with Gasteiger partial charge in [0.2, 0.25) is 6.10 Å². The van der Waals surface area contributed by atoms with Gasteiger partial charge in [0.1, 0.15) is 5.75 Å². The van der Waals surface area contributed by atoms with Crippen molar-refractivity contribution in [2.75, 3.05) is 0 Å². The summed E-state index contributed by atoms with van der Waals surface area (Å²) in [5.41, 5.74) is 1.46. The molecule has 3 aromatic carbocycles. The monoisotopic (exact) mass is 418 g/mol. The largest absolute Gasteiger partial charge is 0.478 e. The summed E-state index contributed by atoms with van der Waals surface area (Å²) >= 11 is 14.0. The maximum Gasteiger partial charge on any atom is 0.349 e. The maximum absolute atomic E-state index is 11.6. The quantitative estimate of drug-likeness (QED) is 0.445. The SMILES string of the molecule is O=C(O)C(Oc1ccccc1)c1ccc(SCc2c(Cl)cccc2Cl)cc1. The normalized spacial score (nSPS) is 11.8. The number of hydrogen-bond donors (Lipinski definition) is 1. The van der Waals surface area contributed by atoms with Crippen LogP contribution >= 0.6 is 35.0 Å². The van der Waals surface area contributed by atoms with Crippen LogP contribution in [0.4, 0.5) is 0 Å². The topological polar surface area (TPSA) is 46.5 Å². The minimum Gasteiger partial charge on any atom is -0.478 e. The van der Waals surface area contributed by atoms with Gasteiger partial charge >= 0.3 is 5.97 Å². The molecule has 3 nitrogen and oxygen atoms in total. The molecule has 0 aromatic heterocycles. The summed E-state index contributed by atoms with van der Waals surface area (Å²) in [7, 11) is 0. The van der Waals surface area contributed by atoms with E-state index in [4.69, 9.17) is 27.9 Å². The zero-order valence-electron chi connectivity index (χ0n) is 14.1. The number of hydrogen-bond acceptors (Lipinski definition) is 3. The summed E-state index contributed by atoms with van der Waals surface area (Å²) in [5, 5.41) is 10.8. The van der Waals surface area contributed by atoms with Crippen LogP contribution < -0.4 is 4.74 Å². The zero-order valence-corrected chi connectivity index (χ0v) is 16.5. The number of carboxylic acid groups (broad SMARTS) is 1. The molecule has 1 N–H and O–H groups in total. The Kier molecular flexibility index (Phi) is 6.67. The second-order valence-electron chi connectivity index (χ2n) is 5.71. The molecule has 0 saturated heterocycles. The third-order valence-corrected chi connectivity index (χ3v) is 5.60. The van der Waals surface area contributed by atoms with E-state index in [1.165, 1.54) is 0 Å². The molecule has 0 aliphatic carbocycles. The van der Waals surface area contributed by atoms with Crippen molar-refractivity contribution < 1.29 is 14.6 Å². The molecule has 27 heavy (non-hydrogen) atoms. The number of benzene rings is 3. The second-order valence-corrected chi connectivity index (χ2v) is 7.57. The van der Waals surface area contributed by atoms with Crippen LogP contribution in [0.15, 0.2) is 77.7 Å². The first-order valence-corrected chi connectivity index (χ1v) is 9.89. The van der Waals surface area contributed by atoms with Gasteiger partial charge in [0.25, 0.3) is 0 Å². The molecule has 3 aromatic rings. The van der Waals surface area contributed by atoms with Crippen LogP contribution in [0.5, 0.6) is 5.75 Å². The van der Waals surface area contributed by atoms with E-state index in [1.807, 2.05) is 36.4 Å². The van der Waals surface area contributed by atoms with Crippen LogP contribution in [0.25, 0.3) is 0 Å². The van der Waals surface area contributed by atoms with Gasteiger partial charge in [-0.05, 0) is 42.0 Å². The highest BCUT2D eigenvalue weighted by Gasteiger charge is 2.21. The van der Waals surface area contributed by atoms with Crippen LogP contribution in [0.2, 0.25) is 10.0 Å². The van der Waals surface area contributed by atoms with Crippen molar-refractivity contribution in [2.45, 2.75) is 16.8 Å². The standard InChI is InChI=1S/C21H16Cl2O3S/c22-18-7-4-8-19(23)17(18)13-27-16-11-9-14(10-12-16)20(21(24)25)26-15-5-2-1-3-6-15/h1-12,20H,13H2,(H,24,25). The van der Waals surface area contributed by atoms with Crippen molar-refractivity contribution in [1.29, 1.82) is 0 Å². The predicted octanol–water partition coefficient (Wildman–Crippen LogP) is 6.49. The average Bonchev–Trinajstić information content (AvgIpc) is 2.67. The summed E-state index contributed by atoms with van der Waals surface area (Å²) in [6, 6.07) is 21.6. The van der Waals surface area contributed by atoms with Gasteiger partial charge in [-0.15, -0.1) is 11.8 Å². The van der Waals surface area contributed by atoms with E-state index in [-0.39, 0.29) is 0 Å². The van der Waals surface area contributed by atoms with Crippen molar-refractivity contribution in [1.82, 2.24) is 0 Å². The number of carbonyl (C=O) groups is 1. The first-order valence-electron chi connectivity index (χ1n) is 8.15. The van der Waals surface area contributed by atoms with E-state index in [9.17, 15) is 9.90 Å². The summed E-state index contributed by atoms with van der Waals surface area (Å²) in [6.07, 6.45) is -1.07. The number of aliphatic carboxylic acids is 1. The maximum atomic E-state index is 11.6. The lowest BCUT2D eigenvalue weighted by Gasteiger charge is -2.16. The van der Waals surface area contributed by atoms with Crippen LogP contribution in [-0.2, 0) is 10.5 Å². The number of rotatable bonds is 7. The van der Waals surface area contributed by atoms with Crippen LogP contribution in [0.1, 0.15) is 17.2 Å². The lowest BCUT2D eigenvalue weighted by molar-refractivity contribution is -0.145. The smallest absolute Gasteiger partial charge is 0.349 e. The van der Waals surface area contributed by atoms with Crippen LogP contribution in [0.3, 0.4) is 0 Å². The fourth-order valence-electron chi connectivity index (χ4n) is 2.46. The summed E-state index contributed by atoms with van der Waals surface area (Å²) in [6.45, 7) is 0. The van der Waals surface area contributed by atoms with Gasteiger partial charge in [0, 0.05) is 26.3 Å². The molecule has 0 heterocycles. The Morgan fingerprint density at radius 1 is 0.926 bits per heavy atom. The second kappa shape index (κ2) is 9.18. The van der Waals surface area contributed by atoms with Crippen molar-refractivity contribution in [3.63, 3.8) is 0 Å². The molecule has 0 aliphatic heterocycles. The van der Waals surface area contributed by atoms with Crippen LogP contribution in [0, 0.1) is 0 Å². The molecule has 0 aliphatic rings. The fraction of sp³-hybridized carbons (Fsp3) is 0.0952. The molecule has 0 saturated carbocycles. The number of para-hydroxylation sites is 1. The summed E-state index contributed by atoms with van der Waals surface area (Å²) in [5.74, 6) is 0.0968. The molecule has 1 unspecified atom stereocenters. The Labute approximate surface area is 171 Å². The number of halogens is 2.